The molecule has 4 aliphatic heterocycles. The summed E-state index contributed by atoms with van der Waals surface area (Å²) in [4.78, 5) is 26.0. The van der Waals surface area contributed by atoms with Crippen LogP contribution in [0.15, 0.2) is 95.3 Å². The lowest BCUT2D eigenvalue weighted by atomic mass is 9.87. The number of hydrogen-bond acceptors (Lipinski definition) is 21. The van der Waals surface area contributed by atoms with Crippen molar-refractivity contribution in [3.05, 3.63) is 85.1 Å². The van der Waals surface area contributed by atoms with Crippen LogP contribution in [-0.4, -0.2) is 192 Å². The first-order valence-electron chi connectivity index (χ1n) is 25.2. The molecule has 0 aliphatic carbocycles. The summed E-state index contributed by atoms with van der Waals surface area (Å²) in [7, 11) is -4.08. The van der Waals surface area contributed by atoms with Crippen molar-refractivity contribution in [2.45, 2.75) is 189 Å². The Kier molecular flexibility index (Phi) is 25.7. The predicted octanol–water partition coefficient (Wildman–Crippen LogP) is -0.161. The molecular formula is C51H79N5O18S. The van der Waals surface area contributed by atoms with Crippen LogP contribution in [0, 0.1) is 11.8 Å². The third kappa shape index (κ3) is 20.8. The Bertz CT molecular complexity index is 2210. The summed E-state index contributed by atoms with van der Waals surface area (Å²) in [6, 6.07) is -3.65. The first kappa shape index (κ1) is 63.2. The standard InChI is InChI=1S/C51H79N5O18S/c1-30-17-15-13-11-9-7-5-6-8-10-12-14-16-18-37(73-49-48(66)44(52)47(65)33(4)72-49)26-41-45(55-50(67)53-29-75(69,70)42-21-22-54-56-42)40(62)28-51(68,74-41)27-36(59)24-39(61)38(60)20-19-34(57)23-35(58)25-43(63)71-32(3)31(2)46(30)64/h5-18,22,30-41,44-49,57-62,64-66,68H,19-21,23-29,52H2,1-4H3,(H2,53,55,67)/b6-5+,9-7+,10-8+,13-11+,14-12+,17-15+,18-16+/t30-,31-,32-,33+,34+,35+,36-,37-,38+,39+,40-,41-,44-,45+,46+,47+,48-,49-,51+/m0/s1. The van der Waals surface area contributed by atoms with Crippen LogP contribution in [0.4, 0.5) is 4.79 Å². The Hall–Kier alpha value is -4.35. The van der Waals surface area contributed by atoms with E-state index in [0.29, 0.717) is 0 Å². The van der Waals surface area contributed by atoms with Crippen LogP contribution < -0.4 is 16.4 Å². The van der Waals surface area contributed by atoms with Gasteiger partial charge in [0.25, 0.3) is 0 Å². The van der Waals surface area contributed by atoms with E-state index in [1.165, 1.54) is 19.2 Å². The van der Waals surface area contributed by atoms with Gasteiger partial charge in [-0.1, -0.05) is 98.9 Å². The zero-order chi connectivity index (χ0) is 55.5. The highest BCUT2D eigenvalue weighted by atomic mass is 32.2. The second-order valence-electron chi connectivity index (χ2n) is 19.6. The number of rotatable bonds is 5. The molecule has 4 heterocycles. The normalized spacial score (nSPS) is 41.9. The number of hydrogen-bond donors (Lipinski definition) is 13. The number of aliphatic hydroxyl groups excluding tert-OH is 9. The topological polar surface area (TPSA) is 382 Å². The zero-order valence-corrected chi connectivity index (χ0v) is 43.6. The summed E-state index contributed by atoms with van der Waals surface area (Å²) < 4.78 is 49.2. The van der Waals surface area contributed by atoms with Crippen LogP contribution in [0.3, 0.4) is 0 Å². The Balaban J connectivity index is 1.61. The maximum atomic E-state index is 13.3. The van der Waals surface area contributed by atoms with Crippen LogP contribution in [0.25, 0.3) is 0 Å². The maximum absolute atomic E-state index is 13.3. The number of sulfone groups is 1. The number of aliphatic hydroxyl groups is 10. The third-order valence-corrected chi connectivity index (χ3v) is 14.8. The number of nitrogens with one attached hydrogen (secondary N) is 2. The highest BCUT2D eigenvalue weighted by Gasteiger charge is 2.49. The average molecular weight is 1080 g/mol. The maximum Gasteiger partial charge on any atom is 0.316 e. The van der Waals surface area contributed by atoms with Crippen molar-refractivity contribution in [3.8, 4) is 0 Å². The fourth-order valence-electron chi connectivity index (χ4n) is 8.74. The van der Waals surface area contributed by atoms with Crippen LogP contribution >= 0.6 is 0 Å². The molecule has 0 unspecified atom stereocenters. The van der Waals surface area contributed by atoms with Gasteiger partial charge in [-0.05, 0) is 33.1 Å². The van der Waals surface area contributed by atoms with Crippen molar-refractivity contribution in [3.63, 3.8) is 0 Å². The van der Waals surface area contributed by atoms with E-state index in [1.807, 2.05) is 13.0 Å². The number of nitrogens with two attached hydrogens (primary N) is 1. The summed E-state index contributed by atoms with van der Waals surface area (Å²) in [5, 5.41) is 122. The number of nitrogens with zero attached hydrogens (tertiary/aromatic N) is 2. The van der Waals surface area contributed by atoms with Crippen LogP contribution in [-0.2, 0) is 33.6 Å². The minimum absolute atomic E-state index is 0.0710. The number of ether oxygens (including phenoxy) is 4. The molecule has 75 heavy (non-hydrogen) atoms. The second kappa shape index (κ2) is 30.6. The van der Waals surface area contributed by atoms with E-state index < -0.39 is 163 Å². The predicted molar refractivity (Wildman–Crippen MR) is 276 cm³/mol. The number of fused-ring (bicyclic) bond motifs is 2. The Morgan fingerprint density at radius 2 is 1.36 bits per heavy atom. The summed E-state index contributed by atoms with van der Waals surface area (Å²) in [5.74, 6) is -4.78. The lowest BCUT2D eigenvalue weighted by Crippen LogP contribution is -2.64. The van der Waals surface area contributed by atoms with Gasteiger partial charge in [0.1, 0.15) is 18.1 Å². The molecule has 4 rings (SSSR count). The molecule has 2 saturated heterocycles. The van der Waals surface area contributed by atoms with E-state index in [1.54, 1.807) is 86.8 Å². The van der Waals surface area contributed by atoms with Crippen LogP contribution in [0.2, 0.25) is 0 Å². The Labute approximate surface area is 438 Å². The van der Waals surface area contributed by atoms with Gasteiger partial charge in [0.15, 0.2) is 17.1 Å². The minimum atomic E-state index is -4.08. The highest BCUT2D eigenvalue weighted by molar-refractivity contribution is 8.06. The van der Waals surface area contributed by atoms with Crippen molar-refractivity contribution >= 4 is 33.1 Å². The number of carbonyl (C=O) groups is 2. The van der Waals surface area contributed by atoms with Gasteiger partial charge in [-0.15, -0.1) is 5.10 Å². The molecule has 422 valence electrons. The molecular weight excluding hydrogens is 1000 g/mol. The summed E-state index contributed by atoms with van der Waals surface area (Å²) >= 11 is 0. The number of carbonyl (C=O) groups excluding carboxylic acids is 2. The number of amides is 2. The molecule has 0 aromatic heterocycles. The summed E-state index contributed by atoms with van der Waals surface area (Å²) in [6.45, 7) is 6.71. The van der Waals surface area contributed by atoms with Gasteiger partial charge in [-0.2, -0.15) is 5.10 Å². The number of allylic oxidation sites excluding steroid dienone is 12. The summed E-state index contributed by atoms with van der Waals surface area (Å²) in [5.41, 5.74) is 6.10. The molecule has 0 saturated carbocycles. The van der Waals surface area contributed by atoms with Crippen molar-refractivity contribution in [2.24, 2.45) is 27.8 Å². The van der Waals surface area contributed by atoms with E-state index in [4.69, 9.17) is 24.7 Å². The molecule has 0 spiro atoms. The SMILES string of the molecule is C[C@@H]1[C@H](O)[C@@H](C)/C=C/C=C/C=C/C=C/C=C/C=C/C=C/[C@H](O[C@@H]2O[C@H](C)[C@@H](O)[C@H](N)[C@@H]2O)C[C@@H]2O[C@](O)(C[C@@H](O)C[C@@H](O)[C@H](O)CC[C@@H](O)C[C@@H](O)CC(=O)O[C@H]1C)C[C@H](O)[C@H]2NC(=O)NCS(=O)(=O)C1=NN=CC1. The van der Waals surface area contributed by atoms with E-state index in [-0.39, 0.29) is 43.1 Å². The van der Waals surface area contributed by atoms with Gasteiger partial charge in [0.05, 0.1) is 85.6 Å². The van der Waals surface area contributed by atoms with Crippen molar-refractivity contribution in [2.75, 3.05) is 5.88 Å². The molecule has 0 radical (unpaired) electrons. The fourth-order valence-corrected chi connectivity index (χ4v) is 9.72. The van der Waals surface area contributed by atoms with Crippen molar-refractivity contribution < 1.29 is 88.0 Å². The Morgan fingerprint density at radius 3 is 1.97 bits per heavy atom. The molecule has 2 amide bonds. The lowest BCUT2D eigenvalue weighted by molar-refractivity contribution is -0.303. The van der Waals surface area contributed by atoms with Crippen molar-refractivity contribution in [1.82, 2.24) is 10.6 Å². The third-order valence-electron chi connectivity index (χ3n) is 13.3. The number of urea groups is 1. The van der Waals surface area contributed by atoms with Crippen LogP contribution in [0.1, 0.15) is 85.5 Å². The van der Waals surface area contributed by atoms with Gasteiger partial charge >= 0.3 is 12.0 Å². The fraction of sp³-hybridized carbons (Fsp3) is 0.647. The molecule has 4 aliphatic rings. The molecule has 24 heteroatoms. The smallest absolute Gasteiger partial charge is 0.316 e. The van der Waals surface area contributed by atoms with Gasteiger partial charge < -0.3 is 86.4 Å². The molecule has 2 fully saturated rings. The molecule has 23 nitrogen and oxygen atoms in total. The minimum Gasteiger partial charge on any atom is -0.462 e. The van der Waals surface area contributed by atoms with Crippen LogP contribution in [0.5, 0.6) is 0 Å². The van der Waals surface area contributed by atoms with E-state index in [0.717, 1.165) is 0 Å². The molecule has 14 N–H and O–H groups in total. The monoisotopic (exact) mass is 1080 g/mol. The highest BCUT2D eigenvalue weighted by Crippen LogP contribution is 2.35. The van der Waals surface area contributed by atoms with Gasteiger partial charge in [0.2, 0.25) is 9.84 Å². The quantitative estimate of drug-likeness (QED) is 0.159. The van der Waals surface area contributed by atoms with Gasteiger partial charge in [-0.25, -0.2) is 13.2 Å². The van der Waals surface area contributed by atoms with Gasteiger partial charge in [-0.3, -0.25) is 4.79 Å². The number of cyclic esters (lactones) is 1. The largest absolute Gasteiger partial charge is 0.462 e. The van der Waals surface area contributed by atoms with Crippen molar-refractivity contribution in [1.29, 1.82) is 0 Å². The second-order valence-corrected chi connectivity index (χ2v) is 21.6. The zero-order valence-electron chi connectivity index (χ0n) is 42.7. The molecule has 19 atom stereocenters. The van der Waals surface area contributed by atoms with E-state index in [9.17, 15) is 69.1 Å². The summed E-state index contributed by atoms with van der Waals surface area (Å²) in [6.07, 6.45) is 4.04. The first-order valence-corrected chi connectivity index (χ1v) is 26.9. The average Bonchev–Trinajstić information content (AvgIpc) is 3.90. The first-order chi connectivity index (χ1) is 35.4. The molecule has 0 aromatic carbocycles. The Morgan fingerprint density at radius 1 is 0.747 bits per heavy atom. The lowest BCUT2D eigenvalue weighted by Gasteiger charge is -2.46. The van der Waals surface area contributed by atoms with Gasteiger partial charge in [0, 0.05) is 50.2 Å². The molecule has 2 bridgehead atoms. The number of esters is 1. The van der Waals surface area contributed by atoms with E-state index in [2.05, 4.69) is 20.8 Å². The molecule has 0 aromatic rings. The van der Waals surface area contributed by atoms with E-state index >= 15 is 0 Å².